The van der Waals surface area contributed by atoms with Crippen LogP contribution in [-0.2, 0) is 0 Å². The molecular formula is C27H27FN4O4S. The highest BCUT2D eigenvalue weighted by Crippen LogP contribution is 2.25. The third-order valence-corrected chi connectivity index (χ3v) is 6.21. The maximum atomic E-state index is 13.8. The first kappa shape index (κ1) is 25.9. The number of amides is 2. The van der Waals surface area contributed by atoms with Gasteiger partial charge in [-0.1, -0.05) is 12.1 Å². The number of halogens is 1. The van der Waals surface area contributed by atoms with Crippen molar-refractivity contribution in [3.63, 3.8) is 0 Å². The van der Waals surface area contributed by atoms with Crippen LogP contribution < -0.4 is 25.0 Å². The molecule has 0 saturated carbocycles. The molecule has 0 aliphatic carbocycles. The molecule has 1 aliphatic rings. The first-order chi connectivity index (χ1) is 17.9. The minimum Gasteiger partial charge on any atom is -0.497 e. The molecular weight excluding hydrogens is 495 g/mol. The van der Waals surface area contributed by atoms with Gasteiger partial charge in [-0.05, 0) is 60.7 Å². The van der Waals surface area contributed by atoms with Crippen molar-refractivity contribution in [2.75, 3.05) is 50.6 Å². The summed E-state index contributed by atoms with van der Waals surface area (Å²) < 4.78 is 24.4. The highest BCUT2D eigenvalue weighted by atomic mass is 32.1. The number of piperazine rings is 1. The number of carbonyl (C=O) groups is 2. The van der Waals surface area contributed by atoms with E-state index >= 15 is 0 Å². The van der Waals surface area contributed by atoms with E-state index in [1.54, 1.807) is 38.5 Å². The van der Waals surface area contributed by atoms with Crippen molar-refractivity contribution in [1.29, 1.82) is 0 Å². The van der Waals surface area contributed by atoms with Crippen molar-refractivity contribution in [3.05, 3.63) is 83.7 Å². The van der Waals surface area contributed by atoms with Crippen LogP contribution in [0.2, 0.25) is 0 Å². The Morgan fingerprint density at radius 3 is 2.11 bits per heavy atom. The first-order valence-corrected chi connectivity index (χ1v) is 12.0. The smallest absolute Gasteiger partial charge is 0.260 e. The third kappa shape index (κ3) is 6.34. The van der Waals surface area contributed by atoms with Gasteiger partial charge in [-0.15, -0.1) is 0 Å². The quantitative estimate of drug-likeness (QED) is 0.475. The Morgan fingerprint density at radius 1 is 0.892 bits per heavy atom. The number of thiocarbonyl (C=S) groups is 1. The zero-order valence-electron chi connectivity index (χ0n) is 20.5. The first-order valence-electron chi connectivity index (χ1n) is 11.6. The fraction of sp³-hybridized carbons (Fsp3) is 0.222. The highest BCUT2D eigenvalue weighted by Gasteiger charge is 2.23. The van der Waals surface area contributed by atoms with Gasteiger partial charge in [0.05, 0.1) is 19.8 Å². The molecule has 2 N–H and O–H groups in total. The van der Waals surface area contributed by atoms with E-state index in [4.69, 9.17) is 21.7 Å². The predicted octanol–water partition coefficient (Wildman–Crippen LogP) is 3.93. The number of hydrogen-bond donors (Lipinski definition) is 2. The number of methoxy groups -OCH3 is 2. The summed E-state index contributed by atoms with van der Waals surface area (Å²) in [5.41, 5.74) is 2.13. The molecule has 1 heterocycles. The average Bonchev–Trinajstić information content (AvgIpc) is 2.93. The Labute approximate surface area is 220 Å². The Balaban J connectivity index is 1.31. The number of carbonyl (C=O) groups excluding carboxylic acids is 2. The van der Waals surface area contributed by atoms with Crippen LogP contribution in [-0.4, -0.2) is 62.2 Å². The maximum absolute atomic E-state index is 13.8. The molecule has 0 unspecified atom stereocenters. The van der Waals surface area contributed by atoms with E-state index in [-0.39, 0.29) is 16.6 Å². The van der Waals surface area contributed by atoms with Gasteiger partial charge in [0, 0.05) is 49.2 Å². The van der Waals surface area contributed by atoms with Gasteiger partial charge >= 0.3 is 0 Å². The van der Waals surface area contributed by atoms with Gasteiger partial charge in [0.1, 0.15) is 17.3 Å². The summed E-state index contributed by atoms with van der Waals surface area (Å²) >= 11 is 5.19. The van der Waals surface area contributed by atoms with Crippen LogP contribution in [0.15, 0.2) is 66.7 Å². The standard InChI is InChI=1S/C27H27FN4O4S/c1-35-21-15-18(16-22(17-21)36-2)26(34)32-13-11-31(12-14-32)20-9-7-19(8-10-20)29-27(37)30-25(33)23-5-3-4-6-24(23)28/h3-10,15-17H,11-14H2,1-2H3,(H2,29,30,33,37). The van der Waals surface area contributed by atoms with E-state index < -0.39 is 11.7 Å². The van der Waals surface area contributed by atoms with Crippen molar-refractivity contribution >= 4 is 40.5 Å². The van der Waals surface area contributed by atoms with E-state index in [9.17, 15) is 14.0 Å². The van der Waals surface area contributed by atoms with Gasteiger partial charge in [0.15, 0.2) is 5.11 Å². The van der Waals surface area contributed by atoms with Gasteiger partial charge in [-0.2, -0.15) is 0 Å². The van der Waals surface area contributed by atoms with Crippen LogP contribution in [0.1, 0.15) is 20.7 Å². The molecule has 37 heavy (non-hydrogen) atoms. The lowest BCUT2D eigenvalue weighted by Crippen LogP contribution is -2.48. The molecule has 0 bridgehead atoms. The molecule has 4 rings (SSSR count). The largest absolute Gasteiger partial charge is 0.497 e. The van der Waals surface area contributed by atoms with Gasteiger partial charge in [-0.25, -0.2) is 4.39 Å². The molecule has 0 atom stereocenters. The lowest BCUT2D eigenvalue weighted by molar-refractivity contribution is 0.0745. The summed E-state index contributed by atoms with van der Waals surface area (Å²) in [6, 6.07) is 18.4. The zero-order chi connectivity index (χ0) is 26.4. The van der Waals surface area contributed by atoms with Gasteiger partial charge in [0.25, 0.3) is 11.8 Å². The number of ether oxygens (including phenoxy) is 2. The van der Waals surface area contributed by atoms with Gasteiger partial charge in [0.2, 0.25) is 0 Å². The molecule has 192 valence electrons. The molecule has 2 amide bonds. The second-order valence-electron chi connectivity index (χ2n) is 8.32. The van der Waals surface area contributed by atoms with Crippen LogP contribution in [0.3, 0.4) is 0 Å². The monoisotopic (exact) mass is 522 g/mol. The number of nitrogens with one attached hydrogen (secondary N) is 2. The lowest BCUT2D eigenvalue weighted by atomic mass is 10.1. The van der Waals surface area contributed by atoms with Crippen molar-refractivity contribution in [3.8, 4) is 11.5 Å². The average molecular weight is 523 g/mol. The third-order valence-electron chi connectivity index (χ3n) is 6.00. The normalized spacial score (nSPS) is 13.1. The molecule has 8 nitrogen and oxygen atoms in total. The van der Waals surface area contributed by atoms with E-state index in [1.165, 1.54) is 18.2 Å². The summed E-state index contributed by atoms with van der Waals surface area (Å²) in [4.78, 5) is 29.3. The van der Waals surface area contributed by atoms with Gasteiger partial charge < -0.3 is 24.6 Å². The number of anilines is 2. The molecule has 3 aromatic carbocycles. The van der Waals surface area contributed by atoms with E-state index in [0.29, 0.717) is 48.9 Å². The van der Waals surface area contributed by atoms with Crippen LogP contribution in [0.5, 0.6) is 11.5 Å². The molecule has 0 aromatic heterocycles. The van der Waals surface area contributed by atoms with Crippen LogP contribution in [0.25, 0.3) is 0 Å². The summed E-state index contributed by atoms with van der Waals surface area (Å²) in [6.45, 7) is 2.50. The van der Waals surface area contributed by atoms with Crippen LogP contribution in [0.4, 0.5) is 15.8 Å². The van der Waals surface area contributed by atoms with Crippen molar-refractivity contribution < 1.29 is 23.5 Å². The Bertz CT molecular complexity index is 1270. The minimum absolute atomic E-state index is 0.0673. The Kier molecular flexibility index (Phi) is 8.19. The van der Waals surface area contributed by atoms with Crippen LogP contribution >= 0.6 is 12.2 Å². The number of nitrogens with zero attached hydrogens (tertiary/aromatic N) is 2. The molecule has 0 radical (unpaired) electrons. The Morgan fingerprint density at radius 2 is 1.51 bits per heavy atom. The van der Waals surface area contributed by atoms with E-state index in [2.05, 4.69) is 15.5 Å². The molecule has 1 fully saturated rings. The topological polar surface area (TPSA) is 83.1 Å². The second kappa shape index (κ2) is 11.7. The second-order valence-corrected chi connectivity index (χ2v) is 8.72. The molecule has 1 aliphatic heterocycles. The molecule has 1 saturated heterocycles. The van der Waals surface area contributed by atoms with E-state index in [0.717, 1.165) is 5.69 Å². The SMILES string of the molecule is COc1cc(OC)cc(C(=O)N2CCN(c3ccc(NC(=S)NC(=O)c4ccccc4F)cc3)CC2)c1. The lowest BCUT2D eigenvalue weighted by Gasteiger charge is -2.36. The minimum atomic E-state index is -0.618. The van der Waals surface area contributed by atoms with E-state index in [1.807, 2.05) is 29.2 Å². The maximum Gasteiger partial charge on any atom is 0.260 e. The molecule has 10 heteroatoms. The number of benzene rings is 3. The summed E-state index contributed by atoms with van der Waals surface area (Å²) in [7, 11) is 3.11. The van der Waals surface area contributed by atoms with Crippen molar-refractivity contribution in [2.24, 2.45) is 0 Å². The van der Waals surface area contributed by atoms with Crippen molar-refractivity contribution in [2.45, 2.75) is 0 Å². The van der Waals surface area contributed by atoms with Crippen molar-refractivity contribution in [1.82, 2.24) is 10.2 Å². The number of hydrogen-bond acceptors (Lipinski definition) is 6. The number of rotatable bonds is 6. The summed E-state index contributed by atoms with van der Waals surface area (Å²) in [6.07, 6.45) is 0. The fourth-order valence-corrected chi connectivity index (χ4v) is 4.23. The Hall–Kier alpha value is -4.18. The van der Waals surface area contributed by atoms with Gasteiger partial charge in [-0.3, -0.25) is 14.9 Å². The van der Waals surface area contributed by atoms with Crippen LogP contribution in [0, 0.1) is 5.82 Å². The zero-order valence-corrected chi connectivity index (χ0v) is 21.3. The highest BCUT2D eigenvalue weighted by molar-refractivity contribution is 7.80. The summed E-state index contributed by atoms with van der Waals surface area (Å²) in [5, 5.41) is 5.49. The molecule has 3 aromatic rings. The predicted molar refractivity (Wildman–Crippen MR) is 144 cm³/mol. The molecule has 0 spiro atoms. The fourth-order valence-electron chi connectivity index (χ4n) is 4.01. The summed E-state index contributed by atoms with van der Waals surface area (Å²) in [5.74, 6) is -0.158.